The molecule has 0 fully saturated rings. The Morgan fingerprint density at radius 3 is 2.50 bits per heavy atom. The average Bonchev–Trinajstić information content (AvgIpc) is 2.80. The minimum Gasteiger partial charge on any atom is -0.348 e. The van der Waals surface area contributed by atoms with Crippen LogP contribution < -0.4 is 10.2 Å². The summed E-state index contributed by atoms with van der Waals surface area (Å²) in [6.07, 6.45) is 4.90. The van der Waals surface area contributed by atoms with Crippen LogP contribution in [0.5, 0.6) is 0 Å². The number of carbonyl (C=O) groups is 3. The topological polar surface area (TPSA) is 79.4 Å². The fourth-order valence-corrected chi connectivity index (χ4v) is 3.31. The lowest BCUT2D eigenvalue weighted by Crippen LogP contribution is -2.37. The van der Waals surface area contributed by atoms with E-state index >= 15 is 0 Å². The lowest BCUT2D eigenvalue weighted by molar-refractivity contribution is -0.114. The Balaban J connectivity index is 1.63. The van der Waals surface area contributed by atoms with Gasteiger partial charge in [0, 0.05) is 37.1 Å². The van der Waals surface area contributed by atoms with Crippen molar-refractivity contribution in [1.82, 2.24) is 10.3 Å². The van der Waals surface area contributed by atoms with Crippen molar-refractivity contribution in [1.29, 1.82) is 0 Å². The second kappa shape index (κ2) is 8.13. The summed E-state index contributed by atoms with van der Waals surface area (Å²) in [5.74, 6) is -1.05. The molecule has 0 bridgehead atoms. The highest BCUT2D eigenvalue weighted by Crippen LogP contribution is 2.31. The molecule has 0 saturated carbocycles. The van der Waals surface area contributed by atoms with E-state index in [0.29, 0.717) is 23.4 Å². The Bertz CT molecular complexity index is 1150. The largest absolute Gasteiger partial charge is 0.348 e. The van der Waals surface area contributed by atoms with Gasteiger partial charge in [0.15, 0.2) is 0 Å². The second-order valence-electron chi connectivity index (χ2n) is 6.93. The van der Waals surface area contributed by atoms with E-state index in [1.165, 1.54) is 4.90 Å². The fourth-order valence-electron chi connectivity index (χ4n) is 3.31. The molecule has 3 aromatic rings. The van der Waals surface area contributed by atoms with Crippen molar-refractivity contribution in [3.8, 4) is 0 Å². The number of fused-ring (bicyclic) bond motifs is 1. The highest BCUT2D eigenvalue weighted by molar-refractivity contribution is 6.36. The molecule has 0 unspecified atom stereocenters. The zero-order chi connectivity index (χ0) is 21.1. The maximum absolute atomic E-state index is 13.1. The normalized spacial score (nSPS) is 14.6. The van der Waals surface area contributed by atoms with Gasteiger partial charge in [0.25, 0.3) is 11.8 Å². The van der Waals surface area contributed by atoms with Gasteiger partial charge in [0.1, 0.15) is 0 Å². The summed E-state index contributed by atoms with van der Waals surface area (Å²) in [5.41, 5.74) is 2.93. The van der Waals surface area contributed by atoms with E-state index < -0.39 is 0 Å². The van der Waals surface area contributed by atoms with Crippen LogP contribution in [0.2, 0.25) is 0 Å². The summed E-state index contributed by atoms with van der Waals surface area (Å²) < 4.78 is 0. The van der Waals surface area contributed by atoms with Gasteiger partial charge < -0.3 is 10.2 Å². The molecule has 30 heavy (non-hydrogen) atoms. The van der Waals surface area contributed by atoms with E-state index in [1.807, 2.05) is 42.5 Å². The summed E-state index contributed by atoms with van der Waals surface area (Å²) in [5, 5.41) is 2.83. The van der Waals surface area contributed by atoms with E-state index in [-0.39, 0.29) is 23.2 Å². The molecule has 1 aliphatic heterocycles. The van der Waals surface area contributed by atoms with Crippen molar-refractivity contribution in [3.05, 3.63) is 101 Å². The van der Waals surface area contributed by atoms with Crippen LogP contribution in [0, 0.1) is 0 Å². The van der Waals surface area contributed by atoms with Crippen LogP contribution >= 0.6 is 0 Å². The van der Waals surface area contributed by atoms with Crippen LogP contribution in [0.1, 0.15) is 31.8 Å². The second-order valence-corrected chi connectivity index (χ2v) is 6.93. The predicted molar refractivity (Wildman–Crippen MR) is 114 cm³/mol. The Labute approximate surface area is 173 Å². The fraction of sp³-hybridized carbons (Fsp3) is 0.0833. The van der Waals surface area contributed by atoms with Crippen molar-refractivity contribution in [2.45, 2.75) is 6.54 Å². The Kier molecular flexibility index (Phi) is 5.22. The summed E-state index contributed by atoms with van der Waals surface area (Å²) in [6.45, 7) is 0.351. The lowest BCUT2D eigenvalue weighted by atomic mass is 9.92. The number of benzene rings is 2. The van der Waals surface area contributed by atoms with Crippen molar-refractivity contribution >= 4 is 29.4 Å². The number of nitrogens with one attached hydrogen (secondary N) is 1. The number of carbonyl (C=O) groups excluding carboxylic acids is 3. The van der Waals surface area contributed by atoms with E-state index in [2.05, 4.69) is 10.3 Å². The van der Waals surface area contributed by atoms with E-state index in [1.54, 1.807) is 43.7 Å². The molecule has 148 valence electrons. The Morgan fingerprint density at radius 1 is 1.03 bits per heavy atom. The van der Waals surface area contributed by atoms with Crippen molar-refractivity contribution in [3.63, 3.8) is 0 Å². The van der Waals surface area contributed by atoms with E-state index in [0.717, 1.165) is 11.1 Å². The summed E-state index contributed by atoms with van der Waals surface area (Å²) in [4.78, 5) is 43.8. The standard InChI is InChI=1S/C24H19N3O3/c1-27-21-8-7-18(23(29)26-15-17-9-11-25-12-10-17)14-19(21)22(28)20(24(27)30)13-16-5-3-2-4-6-16/h2-14H,15H2,1H3,(H,26,29). The average molecular weight is 397 g/mol. The summed E-state index contributed by atoms with van der Waals surface area (Å²) >= 11 is 0. The number of aromatic nitrogens is 1. The highest BCUT2D eigenvalue weighted by atomic mass is 16.2. The molecule has 2 aromatic carbocycles. The molecule has 2 heterocycles. The molecule has 2 amide bonds. The maximum atomic E-state index is 13.1. The zero-order valence-electron chi connectivity index (χ0n) is 16.3. The third-order valence-electron chi connectivity index (χ3n) is 4.96. The quantitative estimate of drug-likeness (QED) is 0.541. The van der Waals surface area contributed by atoms with Crippen molar-refractivity contribution in [2.75, 3.05) is 11.9 Å². The van der Waals surface area contributed by atoms with Crippen LogP contribution in [-0.2, 0) is 11.3 Å². The number of Topliss-reactive ketones (excluding diaryl/α,β-unsaturated/α-hetero) is 1. The first kappa shape index (κ1) is 19.3. The first-order chi connectivity index (χ1) is 14.5. The molecule has 6 nitrogen and oxygen atoms in total. The van der Waals surface area contributed by atoms with Crippen molar-refractivity contribution in [2.24, 2.45) is 0 Å². The molecule has 0 aliphatic carbocycles. The third-order valence-corrected chi connectivity index (χ3v) is 4.96. The van der Waals surface area contributed by atoms with Gasteiger partial charge in [0.2, 0.25) is 5.78 Å². The van der Waals surface area contributed by atoms with Gasteiger partial charge >= 0.3 is 0 Å². The smallest absolute Gasteiger partial charge is 0.262 e. The predicted octanol–water partition coefficient (Wildman–Crippen LogP) is 3.25. The number of ketones is 1. The van der Waals surface area contributed by atoms with Gasteiger partial charge in [-0.2, -0.15) is 0 Å². The molecule has 0 atom stereocenters. The highest BCUT2D eigenvalue weighted by Gasteiger charge is 2.33. The molecule has 0 radical (unpaired) electrons. The number of pyridine rings is 1. The number of amides is 2. The molecule has 6 heteroatoms. The minimum absolute atomic E-state index is 0.0746. The van der Waals surface area contributed by atoms with Crippen LogP contribution in [0.4, 0.5) is 5.69 Å². The number of nitrogens with zero attached hydrogens (tertiary/aromatic N) is 2. The number of hydrogen-bond acceptors (Lipinski definition) is 4. The summed E-state index contributed by atoms with van der Waals surface area (Å²) in [6, 6.07) is 17.6. The van der Waals surface area contributed by atoms with Crippen LogP contribution in [-0.4, -0.2) is 29.6 Å². The number of hydrogen-bond donors (Lipinski definition) is 1. The van der Waals surface area contributed by atoms with E-state index in [4.69, 9.17) is 0 Å². The van der Waals surface area contributed by atoms with Crippen molar-refractivity contribution < 1.29 is 14.4 Å². The first-order valence-electron chi connectivity index (χ1n) is 9.45. The Morgan fingerprint density at radius 2 is 1.77 bits per heavy atom. The number of anilines is 1. The molecular weight excluding hydrogens is 378 g/mol. The molecule has 1 aromatic heterocycles. The van der Waals surface area contributed by atoms with Gasteiger partial charge in [-0.15, -0.1) is 0 Å². The number of likely N-dealkylation sites (N-methyl/N-ethyl adjacent to an activating group) is 1. The lowest BCUT2D eigenvalue weighted by Gasteiger charge is -2.27. The van der Waals surface area contributed by atoms with Gasteiger partial charge in [-0.05, 0) is 47.5 Å². The SMILES string of the molecule is CN1C(=O)C(=Cc2ccccc2)C(=O)c2cc(C(=O)NCc3ccncc3)ccc21. The van der Waals surface area contributed by atoms with Gasteiger partial charge in [-0.25, -0.2) is 0 Å². The minimum atomic E-state index is -0.388. The van der Waals surface area contributed by atoms with Crippen LogP contribution in [0.15, 0.2) is 78.6 Å². The molecule has 4 rings (SSSR count). The molecule has 0 saturated heterocycles. The monoisotopic (exact) mass is 397 g/mol. The number of rotatable bonds is 4. The van der Waals surface area contributed by atoms with Gasteiger partial charge in [0.05, 0.1) is 11.3 Å². The molecular formula is C24H19N3O3. The maximum Gasteiger partial charge on any atom is 0.262 e. The van der Waals surface area contributed by atoms with Crippen LogP contribution in [0.25, 0.3) is 6.08 Å². The van der Waals surface area contributed by atoms with Crippen LogP contribution in [0.3, 0.4) is 0 Å². The van der Waals surface area contributed by atoms with E-state index in [9.17, 15) is 14.4 Å². The zero-order valence-corrected chi connectivity index (χ0v) is 16.3. The molecule has 1 aliphatic rings. The molecule has 1 N–H and O–H groups in total. The first-order valence-corrected chi connectivity index (χ1v) is 9.45. The van der Waals surface area contributed by atoms with Gasteiger partial charge in [-0.1, -0.05) is 30.3 Å². The third kappa shape index (κ3) is 3.75. The molecule has 0 spiro atoms. The van der Waals surface area contributed by atoms with Gasteiger partial charge in [-0.3, -0.25) is 19.4 Å². The Hall–Kier alpha value is -4.06. The summed E-state index contributed by atoms with van der Waals surface area (Å²) in [7, 11) is 1.62.